The number of carbonyl (C=O) groups is 2. The molecule has 1 aliphatic carbocycles. The number of benzene rings is 1. The second-order valence-corrected chi connectivity index (χ2v) is 6.67. The first-order valence-electron chi connectivity index (χ1n) is 8.45. The molecule has 2 fully saturated rings. The van der Waals surface area contributed by atoms with Crippen LogP contribution in [0.25, 0.3) is 0 Å². The predicted octanol–water partition coefficient (Wildman–Crippen LogP) is 2.20. The molecule has 23 heavy (non-hydrogen) atoms. The summed E-state index contributed by atoms with van der Waals surface area (Å²) in [5, 5.41) is 2.73. The highest BCUT2D eigenvalue weighted by Crippen LogP contribution is 2.35. The summed E-state index contributed by atoms with van der Waals surface area (Å²) in [5.41, 5.74) is 1.31. The van der Waals surface area contributed by atoms with Crippen molar-refractivity contribution >= 4 is 17.5 Å². The van der Waals surface area contributed by atoms with E-state index in [2.05, 4.69) is 17.1 Å². The summed E-state index contributed by atoms with van der Waals surface area (Å²) >= 11 is 0. The third-order valence-electron chi connectivity index (χ3n) is 4.91. The normalized spacial score (nSPS) is 20.2. The second-order valence-electron chi connectivity index (χ2n) is 6.67. The maximum atomic E-state index is 12.7. The molecule has 1 unspecified atom stereocenters. The van der Waals surface area contributed by atoms with Crippen LogP contribution in [0.5, 0.6) is 0 Å². The monoisotopic (exact) mass is 315 g/mol. The number of rotatable bonds is 4. The zero-order valence-electron chi connectivity index (χ0n) is 13.9. The van der Waals surface area contributed by atoms with E-state index in [1.54, 1.807) is 12.1 Å². The number of amides is 2. The third-order valence-corrected chi connectivity index (χ3v) is 4.91. The minimum absolute atomic E-state index is 0.0518. The van der Waals surface area contributed by atoms with Crippen LogP contribution >= 0.6 is 0 Å². The van der Waals surface area contributed by atoms with Gasteiger partial charge in [-0.25, -0.2) is 0 Å². The molecule has 1 aromatic carbocycles. The van der Waals surface area contributed by atoms with E-state index >= 15 is 0 Å². The molecule has 5 nitrogen and oxygen atoms in total. The van der Waals surface area contributed by atoms with Crippen LogP contribution in [0.2, 0.25) is 0 Å². The van der Waals surface area contributed by atoms with E-state index in [0.717, 1.165) is 32.1 Å². The Hall–Kier alpha value is -1.88. The molecule has 1 aliphatic heterocycles. The summed E-state index contributed by atoms with van der Waals surface area (Å²) in [7, 11) is 0. The standard InChI is InChI=1S/C18H25N3O2/c1-13(15-6-7-15)20-8-10-21(11-9-20)18(23)16-4-3-5-17(12-16)19-14(2)22/h3-5,12-13,15H,6-11H2,1-2H3,(H,19,22). The molecule has 1 saturated heterocycles. The van der Waals surface area contributed by atoms with E-state index in [1.807, 2.05) is 17.0 Å². The molecule has 0 aromatic heterocycles. The Labute approximate surface area is 137 Å². The van der Waals surface area contributed by atoms with E-state index < -0.39 is 0 Å². The van der Waals surface area contributed by atoms with Crippen molar-refractivity contribution in [2.24, 2.45) is 5.92 Å². The Morgan fingerprint density at radius 2 is 1.87 bits per heavy atom. The lowest BCUT2D eigenvalue weighted by atomic mass is 10.1. The number of nitrogens with one attached hydrogen (secondary N) is 1. The van der Waals surface area contributed by atoms with Gasteiger partial charge >= 0.3 is 0 Å². The Morgan fingerprint density at radius 3 is 2.48 bits per heavy atom. The van der Waals surface area contributed by atoms with Gasteiger partial charge in [0.1, 0.15) is 0 Å². The molecule has 1 aromatic rings. The van der Waals surface area contributed by atoms with Crippen molar-refractivity contribution in [2.45, 2.75) is 32.7 Å². The van der Waals surface area contributed by atoms with Gasteiger partial charge in [0, 0.05) is 50.4 Å². The Morgan fingerprint density at radius 1 is 1.17 bits per heavy atom. The fourth-order valence-electron chi connectivity index (χ4n) is 3.32. The van der Waals surface area contributed by atoms with Gasteiger partial charge < -0.3 is 10.2 Å². The SMILES string of the molecule is CC(=O)Nc1cccc(C(=O)N2CCN(C(C)C3CC3)CC2)c1. The van der Waals surface area contributed by atoms with Crippen molar-refractivity contribution in [2.75, 3.05) is 31.5 Å². The van der Waals surface area contributed by atoms with Crippen LogP contribution in [-0.4, -0.2) is 53.8 Å². The van der Waals surface area contributed by atoms with Crippen LogP contribution in [0.1, 0.15) is 37.0 Å². The topological polar surface area (TPSA) is 52.7 Å². The lowest BCUT2D eigenvalue weighted by Crippen LogP contribution is -2.51. The number of anilines is 1. The molecule has 5 heteroatoms. The summed E-state index contributed by atoms with van der Waals surface area (Å²) < 4.78 is 0. The maximum Gasteiger partial charge on any atom is 0.254 e. The molecule has 124 valence electrons. The first kappa shape index (κ1) is 16.0. The Kier molecular flexibility index (Phi) is 4.66. The second kappa shape index (κ2) is 6.71. The molecule has 2 amide bonds. The van der Waals surface area contributed by atoms with Gasteiger partial charge in [0.25, 0.3) is 5.91 Å². The van der Waals surface area contributed by atoms with Crippen LogP contribution in [0.4, 0.5) is 5.69 Å². The quantitative estimate of drug-likeness (QED) is 0.927. The lowest BCUT2D eigenvalue weighted by molar-refractivity contribution is -0.114. The van der Waals surface area contributed by atoms with Crippen molar-refractivity contribution in [3.8, 4) is 0 Å². The highest BCUT2D eigenvalue weighted by atomic mass is 16.2. The van der Waals surface area contributed by atoms with E-state index in [4.69, 9.17) is 0 Å². The number of piperazine rings is 1. The highest BCUT2D eigenvalue weighted by Gasteiger charge is 2.34. The smallest absolute Gasteiger partial charge is 0.254 e. The van der Waals surface area contributed by atoms with Crippen LogP contribution in [-0.2, 0) is 4.79 Å². The van der Waals surface area contributed by atoms with Gasteiger partial charge in [-0.3, -0.25) is 14.5 Å². The zero-order chi connectivity index (χ0) is 16.4. The molecule has 1 atom stereocenters. The van der Waals surface area contributed by atoms with Crippen molar-refractivity contribution in [1.82, 2.24) is 9.80 Å². The first-order valence-corrected chi connectivity index (χ1v) is 8.45. The fourth-order valence-corrected chi connectivity index (χ4v) is 3.32. The Balaban J connectivity index is 1.59. The maximum absolute atomic E-state index is 12.7. The van der Waals surface area contributed by atoms with Gasteiger partial charge in [-0.05, 0) is 43.9 Å². The Bertz CT molecular complexity index is 590. The van der Waals surface area contributed by atoms with Crippen molar-refractivity contribution in [3.63, 3.8) is 0 Å². The summed E-state index contributed by atoms with van der Waals surface area (Å²) in [6, 6.07) is 7.82. The van der Waals surface area contributed by atoms with Gasteiger partial charge in [0.15, 0.2) is 0 Å². The predicted molar refractivity (Wildman–Crippen MR) is 90.4 cm³/mol. The van der Waals surface area contributed by atoms with Gasteiger partial charge in [-0.15, -0.1) is 0 Å². The van der Waals surface area contributed by atoms with E-state index in [9.17, 15) is 9.59 Å². The molecule has 1 N–H and O–H groups in total. The third kappa shape index (κ3) is 3.91. The molecule has 2 aliphatic rings. The summed E-state index contributed by atoms with van der Waals surface area (Å²) in [6.45, 7) is 7.24. The molecule has 1 saturated carbocycles. The first-order chi connectivity index (χ1) is 11.0. The number of hydrogen-bond donors (Lipinski definition) is 1. The summed E-state index contributed by atoms with van der Waals surface area (Å²) in [6.07, 6.45) is 2.71. The molecule has 3 rings (SSSR count). The average Bonchev–Trinajstić information content (AvgIpc) is 3.38. The van der Waals surface area contributed by atoms with E-state index in [1.165, 1.54) is 19.8 Å². The van der Waals surface area contributed by atoms with E-state index in [0.29, 0.717) is 17.3 Å². The number of carbonyl (C=O) groups excluding carboxylic acids is 2. The average molecular weight is 315 g/mol. The summed E-state index contributed by atoms with van der Waals surface area (Å²) in [5.74, 6) is 0.791. The van der Waals surface area contributed by atoms with Crippen molar-refractivity contribution in [3.05, 3.63) is 29.8 Å². The highest BCUT2D eigenvalue weighted by molar-refractivity contribution is 5.96. The summed E-state index contributed by atoms with van der Waals surface area (Å²) in [4.78, 5) is 28.2. The lowest BCUT2D eigenvalue weighted by Gasteiger charge is -2.38. The number of nitrogens with zero attached hydrogens (tertiary/aromatic N) is 2. The largest absolute Gasteiger partial charge is 0.336 e. The van der Waals surface area contributed by atoms with Gasteiger partial charge in [-0.2, -0.15) is 0 Å². The molecule has 1 heterocycles. The van der Waals surface area contributed by atoms with E-state index in [-0.39, 0.29) is 11.8 Å². The zero-order valence-corrected chi connectivity index (χ0v) is 13.9. The minimum Gasteiger partial charge on any atom is -0.336 e. The molecule has 0 spiro atoms. The van der Waals surface area contributed by atoms with Gasteiger partial charge in [-0.1, -0.05) is 6.07 Å². The molecular formula is C18H25N3O2. The van der Waals surface area contributed by atoms with Gasteiger partial charge in [0.05, 0.1) is 0 Å². The van der Waals surface area contributed by atoms with Crippen molar-refractivity contribution in [1.29, 1.82) is 0 Å². The molecule has 0 bridgehead atoms. The van der Waals surface area contributed by atoms with Crippen molar-refractivity contribution < 1.29 is 9.59 Å². The van der Waals surface area contributed by atoms with Gasteiger partial charge in [0.2, 0.25) is 5.91 Å². The van der Waals surface area contributed by atoms with Crippen LogP contribution < -0.4 is 5.32 Å². The number of hydrogen-bond acceptors (Lipinski definition) is 3. The molecule has 0 radical (unpaired) electrons. The fraction of sp³-hybridized carbons (Fsp3) is 0.556. The van der Waals surface area contributed by atoms with Crippen LogP contribution in [0, 0.1) is 5.92 Å². The van der Waals surface area contributed by atoms with Crippen LogP contribution in [0.15, 0.2) is 24.3 Å². The minimum atomic E-state index is -0.128. The molecular weight excluding hydrogens is 290 g/mol. The van der Waals surface area contributed by atoms with Crippen LogP contribution in [0.3, 0.4) is 0 Å².